The summed E-state index contributed by atoms with van der Waals surface area (Å²) in [4.78, 5) is 0. The van der Waals surface area contributed by atoms with Gasteiger partial charge in [0.05, 0.1) is 0 Å². The first-order chi connectivity index (χ1) is 12.9. The highest BCUT2D eigenvalue weighted by Gasteiger charge is 2.55. The van der Waals surface area contributed by atoms with Crippen molar-refractivity contribution in [1.29, 1.82) is 0 Å². The van der Waals surface area contributed by atoms with E-state index in [1.54, 1.807) is 39.8 Å². The van der Waals surface area contributed by atoms with Gasteiger partial charge in [0.2, 0.25) is 0 Å². The minimum Gasteiger partial charge on any atom is -0.379 e. The largest absolute Gasteiger partial charge is 0.418 e. The summed E-state index contributed by atoms with van der Waals surface area (Å²) < 4.78 is 55.1. The van der Waals surface area contributed by atoms with Crippen molar-refractivity contribution in [2.45, 2.75) is 57.3 Å². The normalized spacial score (nSPS) is 15.9. The van der Waals surface area contributed by atoms with Crippen LogP contribution in [0, 0.1) is 12.7 Å². The smallest absolute Gasteiger partial charge is 0.379 e. The molecule has 0 spiro atoms. The average molecular weight is 397 g/mol. The van der Waals surface area contributed by atoms with E-state index in [9.17, 15) is 22.7 Å². The molecule has 0 amide bonds. The van der Waals surface area contributed by atoms with Crippen LogP contribution in [0.2, 0.25) is 0 Å². The van der Waals surface area contributed by atoms with Gasteiger partial charge in [-0.05, 0) is 54.5 Å². The molecule has 0 fully saturated rings. The average Bonchev–Trinajstić information content (AvgIpc) is 2.61. The van der Waals surface area contributed by atoms with Crippen LogP contribution < -0.4 is 5.32 Å². The lowest BCUT2D eigenvalue weighted by Gasteiger charge is -2.39. The van der Waals surface area contributed by atoms with Crippen LogP contribution in [0.1, 0.15) is 49.9 Å². The number of hydrogen-bond donors (Lipinski definition) is 2. The van der Waals surface area contributed by atoms with E-state index >= 15 is 0 Å². The lowest BCUT2D eigenvalue weighted by atomic mass is 9.73. The molecule has 0 aliphatic heterocycles. The molecule has 2 nitrogen and oxygen atoms in total. The summed E-state index contributed by atoms with van der Waals surface area (Å²) in [5.74, 6) is -0.514. The molecule has 0 saturated heterocycles. The van der Waals surface area contributed by atoms with Crippen molar-refractivity contribution in [2.24, 2.45) is 0 Å². The predicted octanol–water partition coefficient (Wildman–Crippen LogP) is 5.45. The lowest BCUT2D eigenvalue weighted by Crippen LogP contribution is -2.55. The topological polar surface area (TPSA) is 32.3 Å². The van der Waals surface area contributed by atoms with E-state index in [4.69, 9.17) is 0 Å². The Morgan fingerprint density at radius 1 is 1.04 bits per heavy atom. The highest BCUT2D eigenvalue weighted by Crippen LogP contribution is 2.42. The summed E-state index contributed by atoms with van der Waals surface area (Å²) in [7, 11) is 0. The molecule has 28 heavy (non-hydrogen) atoms. The van der Waals surface area contributed by atoms with Crippen molar-refractivity contribution in [1.82, 2.24) is 5.32 Å². The number of aliphatic hydroxyl groups is 1. The molecule has 0 aliphatic rings. The summed E-state index contributed by atoms with van der Waals surface area (Å²) in [6.07, 6.45) is -5.43. The standard InChI is InChI=1S/C22H27F4NO/c1-15-10-11-18(23)12-19(15)20(3,4)13-21(28,22(24,25)26)14-27-16(2)17-8-6-5-7-9-17/h5-12,16,27-28H,13-14H2,1-4H3/t16-,21?/m1/s1. The van der Waals surface area contributed by atoms with Gasteiger partial charge in [0.15, 0.2) is 5.60 Å². The van der Waals surface area contributed by atoms with Crippen LogP contribution in [0.4, 0.5) is 17.6 Å². The van der Waals surface area contributed by atoms with E-state index in [0.717, 1.165) is 5.56 Å². The van der Waals surface area contributed by atoms with Gasteiger partial charge in [0.25, 0.3) is 0 Å². The third-order valence-electron chi connectivity index (χ3n) is 5.19. The molecule has 1 unspecified atom stereocenters. The maximum Gasteiger partial charge on any atom is 0.418 e. The Kier molecular flexibility index (Phi) is 6.56. The second-order valence-corrected chi connectivity index (χ2v) is 8.06. The van der Waals surface area contributed by atoms with Gasteiger partial charge in [-0.25, -0.2) is 4.39 Å². The second kappa shape index (κ2) is 8.21. The fraction of sp³-hybridized carbons (Fsp3) is 0.455. The van der Waals surface area contributed by atoms with Crippen LogP contribution >= 0.6 is 0 Å². The van der Waals surface area contributed by atoms with Crippen LogP contribution in [0.25, 0.3) is 0 Å². The van der Waals surface area contributed by atoms with E-state index in [-0.39, 0.29) is 6.04 Å². The highest BCUT2D eigenvalue weighted by molar-refractivity contribution is 5.33. The maximum absolute atomic E-state index is 13.8. The first kappa shape index (κ1) is 22.4. The Hall–Kier alpha value is -1.92. The third-order valence-corrected chi connectivity index (χ3v) is 5.19. The number of hydrogen-bond acceptors (Lipinski definition) is 2. The van der Waals surface area contributed by atoms with Crippen molar-refractivity contribution in [3.63, 3.8) is 0 Å². The van der Waals surface area contributed by atoms with Crippen LogP contribution in [0.5, 0.6) is 0 Å². The number of alkyl halides is 3. The molecule has 2 N–H and O–H groups in total. The van der Waals surface area contributed by atoms with E-state index < -0.39 is 36.0 Å². The van der Waals surface area contributed by atoms with Gasteiger partial charge in [0, 0.05) is 12.6 Å². The van der Waals surface area contributed by atoms with E-state index in [2.05, 4.69) is 5.32 Å². The molecule has 6 heteroatoms. The number of nitrogens with one attached hydrogen (secondary N) is 1. The molecule has 0 bridgehead atoms. The minimum atomic E-state index is -4.84. The molecular weight excluding hydrogens is 370 g/mol. The van der Waals surface area contributed by atoms with Crippen LogP contribution in [0.15, 0.2) is 48.5 Å². The van der Waals surface area contributed by atoms with Gasteiger partial charge >= 0.3 is 6.18 Å². The number of halogens is 4. The second-order valence-electron chi connectivity index (χ2n) is 8.06. The first-order valence-electron chi connectivity index (χ1n) is 9.20. The molecule has 0 aromatic heterocycles. The summed E-state index contributed by atoms with van der Waals surface area (Å²) in [6.45, 7) is 5.98. The SMILES string of the molecule is Cc1ccc(F)cc1C(C)(C)CC(O)(CN[C@H](C)c1ccccc1)C(F)(F)F. The lowest BCUT2D eigenvalue weighted by molar-refractivity contribution is -0.264. The van der Waals surface area contributed by atoms with Crippen molar-refractivity contribution < 1.29 is 22.7 Å². The summed E-state index contributed by atoms with van der Waals surface area (Å²) in [5.41, 5.74) is -2.09. The Labute approximate surface area is 163 Å². The number of aryl methyl sites for hydroxylation is 1. The molecule has 2 aromatic rings. The van der Waals surface area contributed by atoms with Crippen molar-refractivity contribution in [3.05, 3.63) is 71.0 Å². The molecule has 0 aliphatic carbocycles. The van der Waals surface area contributed by atoms with Crippen molar-refractivity contribution in [3.8, 4) is 0 Å². The van der Waals surface area contributed by atoms with Gasteiger partial charge in [-0.1, -0.05) is 50.2 Å². The van der Waals surface area contributed by atoms with Gasteiger partial charge in [-0.3, -0.25) is 0 Å². The molecule has 2 rings (SSSR count). The van der Waals surface area contributed by atoms with Crippen LogP contribution in [-0.4, -0.2) is 23.4 Å². The Morgan fingerprint density at radius 3 is 2.21 bits per heavy atom. The van der Waals surface area contributed by atoms with Crippen LogP contribution in [0.3, 0.4) is 0 Å². The van der Waals surface area contributed by atoms with Crippen LogP contribution in [-0.2, 0) is 5.41 Å². The predicted molar refractivity (Wildman–Crippen MR) is 103 cm³/mol. The fourth-order valence-electron chi connectivity index (χ4n) is 3.59. The molecular formula is C22H27F4NO. The first-order valence-corrected chi connectivity index (χ1v) is 9.20. The summed E-state index contributed by atoms with van der Waals surface area (Å²) >= 11 is 0. The highest BCUT2D eigenvalue weighted by atomic mass is 19.4. The van der Waals surface area contributed by atoms with E-state index in [1.165, 1.54) is 18.2 Å². The molecule has 2 aromatic carbocycles. The summed E-state index contributed by atoms with van der Waals surface area (Å²) in [6, 6.07) is 12.7. The number of rotatable bonds is 7. The zero-order chi connectivity index (χ0) is 21.2. The Bertz CT molecular complexity index is 789. The zero-order valence-corrected chi connectivity index (χ0v) is 16.6. The molecule has 0 radical (unpaired) electrons. The molecule has 0 saturated carbocycles. The third kappa shape index (κ3) is 5.11. The number of benzene rings is 2. The quantitative estimate of drug-likeness (QED) is 0.609. The zero-order valence-electron chi connectivity index (χ0n) is 16.6. The molecule has 0 heterocycles. The van der Waals surface area contributed by atoms with Gasteiger partial charge in [0.1, 0.15) is 5.82 Å². The Balaban J connectivity index is 2.26. The van der Waals surface area contributed by atoms with E-state index in [0.29, 0.717) is 11.1 Å². The monoisotopic (exact) mass is 397 g/mol. The van der Waals surface area contributed by atoms with E-state index in [1.807, 2.05) is 18.2 Å². The van der Waals surface area contributed by atoms with Gasteiger partial charge in [-0.2, -0.15) is 13.2 Å². The summed E-state index contributed by atoms with van der Waals surface area (Å²) in [5, 5.41) is 13.4. The van der Waals surface area contributed by atoms with Gasteiger partial charge < -0.3 is 10.4 Å². The Morgan fingerprint density at radius 2 is 1.64 bits per heavy atom. The van der Waals surface area contributed by atoms with Crippen molar-refractivity contribution >= 4 is 0 Å². The van der Waals surface area contributed by atoms with Crippen molar-refractivity contribution in [2.75, 3.05) is 6.54 Å². The van der Waals surface area contributed by atoms with Gasteiger partial charge in [-0.15, -0.1) is 0 Å². The minimum absolute atomic E-state index is 0.367. The molecule has 154 valence electrons. The fourth-order valence-corrected chi connectivity index (χ4v) is 3.59. The maximum atomic E-state index is 13.8. The molecule has 2 atom stereocenters.